The lowest BCUT2D eigenvalue weighted by atomic mass is 10.00. The van der Waals surface area contributed by atoms with Gasteiger partial charge in [-0.2, -0.15) is 0 Å². The van der Waals surface area contributed by atoms with Gasteiger partial charge in [0.05, 0.1) is 20.3 Å². The van der Waals surface area contributed by atoms with E-state index in [9.17, 15) is 9.59 Å². The van der Waals surface area contributed by atoms with Crippen LogP contribution in [0.4, 0.5) is 0 Å². The third-order valence-electron chi connectivity index (χ3n) is 8.31. The quantitative estimate of drug-likeness (QED) is 0.326. The number of benzene rings is 3. The first-order valence-electron chi connectivity index (χ1n) is 15.0. The number of methoxy groups -OCH3 is 2. The first kappa shape index (κ1) is 29.4. The van der Waals surface area contributed by atoms with E-state index in [1.165, 1.54) is 10.9 Å². The van der Waals surface area contributed by atoms with E-state index in [0.717, 1.165) is 29.7 Å². The third-order valence-corrected chi connectivity index (χ3v) is 8.31. The van der Waals surface area contributed by atoms with Gasteiger partial charge in [-0.15, -0.1) is 0 Å². The van der Waals surface area contributed by atoms with Crippen LogP contribution >= 0.6 is 0 Å². The van der Waals surface area contributed by atoms with Crippen molar-refractivity contribution < 1.29 is 28.5 Å². The molecule has 10 heteroatoms. The molecule has 1 aromatic heterocycles. The lowest BCUT2D eigenvalue weighted by Gasteiger charge is -2.39. The van der Waals surface area contributed by atoms with Gasteiger partial charge in [0.15, 0.2) is 18.1 Å². The van der Waals surface area contributed by atoms with Crippen LogP contribution in [0.5, 0.6) is 23.0 Å². The summed E-state index contributed by atoms with van der Waals surface area (Å²) < 4.78 is 23.6. The molecule has 0 radical (unpaired) electrons. The van der Waals surface area contributed by atoms with E-state index in [1.807, 2.05) is 36.5 Å². The molecule has 0 unspecified atom stereocenters. The molecule has 0 aliphatic carbocycles. The highest BCUT2D eigenvalue weighted by Crippen LogP contribution is 2.30. The molecule has 1 fully saturated rings. The number of carbonyl (C=O) groups excluding carboxylic acids is 2. The molecule has 2 amide bonds. The minimum absolute atomic E-state index is 0.0784. The number of hydrogen-bond acceptors (Lipinski definition) is 7. The number of fused-ring (bicyclic) bond motifs is 10. The van der Waals surface area contributed by atoms with E-state index < -0.39 is 0 Å². The molecule has 0 saturated carbocycles. The van der Waals surface area contributed by atoms with Crippen LogP contribution < -0.4 is 29.6 Å². The fourth-order valence-corrected chi connectivity index (χ4v) is 5.99. The molecule has 0 spiro atoms. The summed E-state index contributed by atoms with van der Waals surface area (Å²) in [5.41, 5.74) is 4.10. The van der Waals surface area contributed by atoms with Crippen LogP contribution in [-0.4, -0.2) is 67.8 Å². The Balaban J connectivity index is 1.26. The average Bonchev–Trinajstić information content (AvgIpc) is 3.53. The lowest BCUT2D eigenvalue weighted by Crippen LogP contribution is -2.57. The Hall–Kier alpha value is -4.70. The molecule has 44 heavy (non-hydrogen) atoms. The predicted octanol–water partition coefficient (Wildman–Crippen LogP) is 3.96. The molecular formula is C34H38N4O6. The van der Waals surface area contributed by atoms with E-state index in [0.29, 0.717) is 55.4 Å². The van der Waals surface area contributed by atoms with E-state index in [2.05, 4.69) is 44.8 Å². The maximum absolute atomic E-state index is 13.3. The van der Waals surface area contributed by atoms with Gasteiger partial charge < -0.3 is 34.6 Å². The van der Waals surface area contributed by atoms with Crippen LogP contribution in [-0.2, 0) is 29.1 Å². The molecule has 3 aromatic carbocycles. The maximum Gasteiger partial charge on any atom is 0.258 e. The normalized spacial score (nSPS) is 19.8. The molecule has 230 valence electrons. The lowest BCUT2D eigenvalue weighted by molar-refractivity contribution is -0.125. The molecule has 3 aliphatic rings. The summed E-state index contributed by atoms with van der Waals surface area (Å²) in [5, 5.41) is 7.37. The van der Waals surface area contributed by atoms with Crippen molar-refractivity contribution in [2.45, 2.75) is 44.5 Å². The van der Waals surface area contributed by atoms with Gasteiger partial charge in [0.2, 0.25) is 5.91 Å². The summed E-state index contributed by atoms with van der Waals surface area (Å²) in [6.07, 6.45) is 3.21. The van der Waals surface area contributed by atoms with Gasteiger partial charge in [-0.1, -0.05) is 18.2 Å². The Bertz CT molecular complexity index is 1640. The smallest absolute Gasteiger partial charge is 0.258 e. The van der Waals surface area contributed by atoms with Crippen molar-refractivity contribution in [3.63, 3.8) is 0 Å². The van der Waals surface area contributed by atoms with Crippen LogP contribution in [0.15, 0.2) is 66.9 Å². The number of aromatic amines is 1. The second kappa shape index (κ2) is 13.3. The van der Waals surface area contributed by atoms with Gasteiger partial charge >= 0.3 is 0 Å². The molecule has 7 rings (SSSR count). The van der Waals surface area contributed by atoms with Crippen molar-refractivity contribution in [3.05, 3.63) is 83.6 Å². The van der Waals surface area contributed by atoms with Crippen molar-refractivity contribution in [1.82, 2.24) is 20.5 Å². The molecule has 3 N–H and O–H groups in total. The second-order valence-corrected chi connectivity index (χ2v) is 11.2. The SMILES string of the molecule is COc1cc2ccc1CNC(=O)CCc1ccc(OC)c(c1)OCC(=O)N[C@@H]1CN(Cc3cccc4[nH]ccc34)CC[C@@H]1O2. The van der Waals surface area contributed by atoms with Crippen molar-refractivity contribution in [2.75, 3.05) is 33.9 Å². The highest BCUT2D eigenvalue weighted by molar-refractivity contribution is 5.83. The number of amides is 2. The van der Waals surface area contributed by atoms with Crippen molar-refractivity contribution in [3.8, 4) is 23.0 Å². The topological polar surface area (TPSA) is 114 Å². The zero-order valence-corrected chi connectivity index (χ0v) is 25.1. The second-order valence-electron chi connectivity index (χ2n) is 11.2. The van der Waals surface area contributed by atoms with E-state index in [1.54, 1.807) is 20.3 Å². The van der Waals surface area contributed by atoms with Gasteiger partial charge in [-0.3, -0.25) is 14.5 Å². The molecule has 4 heterocycles. The molecule has 1 saturated heterocycles. The fourth-order valence-electron chi connectivity index (χ4n) is 5.99. The van der Waals surface area contributed by atoms with Crippen LogP contribution in [0.1, 0.15) is 29.5 Å². The van der Waals surface area contributed by atoms with Gasteiger partial charge in [0.25, 0.3) is 5.91 Å². The maximum atomic E-state index is 13.3. The number of rotatable bonds is 4. The van der Waals surface area contributed by atoms with E-state index in [-0.39, 0.29) is 30.6 Å². The number of nitrogens with zero attached hydrogens (tertiary/aromatic N) is 1. The summed E-state index contributed by atoms with van der Waals surface area (Å²) >= 11 is 0. The predicted molar refractivity (Wildman–Crippen MR) is 166 cm³/mol. The summed E-state index contributed by atoms with van der Waals surface area (Å²) in [6, 6.07) is 19.3. The van der Waals surface area contributed by atoms with Crippen LogP contribution in [0, 0.1) is 0 Å². The fraction of sp³-hybridized carbons (Fsp3) is 0.353. The minimum atomic E-state index is -0.287. The number of H-pyrrole nitrogens is 1. The summed E-state index contributed by atoms with van der Waals surface area (Å²) in [5.74, 6) is 1.92. The molecule has 2 atom stereocenters. The number of piperidine rings is 1. The summed E-state index contributed by atoms with van der Waals surface area (Å²) in [6.45, 7) is 2.32. The van der Waals surface area contributed by atoms with Crippen molar-refractivity contribution in [1.29, 1.82) is 0 Å². The number of aryl methyl sites for hydroxylation is 1. The Morgan fingerprint density at radius 3 is 2.70 bits per heavy atom. The number of aromatic nitrogens is 1. The molecule has 10 nitrogen and oxygen atoms in total. The number of nitrogens with one attached hydrogen (secondary N) is 3. The monoisotopic (exact) mass is 598 g/mol. The molecule has 4 aromatic rings. The summed E-state index contributed by atoms with van der Waals surface area (Å²) in [4.78, 5) is 31.6. The van der Waals surface area contributed by atoms with E-state index >= 15 is 0 Å². The minimum Gasteiger partial charge on any atom is -0.496 e. The van der Waals surface area contributed by atoms with Gasteiger partial charge in [0.1, 0.15) is 17.6 Å². The Morgan fingerprint density at radius 1 is 0.955 bits per heavy atom. The van der Waals surface area contributed by atoms with Gasteiger partial charge in [-0.05, 0) is 60.4 Å². The largest absolute Gasteiger partial charge is 0.496 e. The standard InChI is InChI=1S/C34H38N4O6/c1-41-30-10-6-22-7-11-33(39)36-18-23-8-9-25(17-31(23)42-2)44-29-13-15-38(19-24-4-3-5-27-26(24)12-14-35-27)20-28(29)37-34(40)21-43-32(30)16-22/h3-6,8-10,12,14,16-17,28-29,35H,7,11,13,15,18-21H2,1-2H3,(H,36,39)(H,37,40)/t28-,29+/m1/s1. The summed E-state index contributed by atoms with van der Waals surface area (Å²) in [7, 11) is 3.16. The van der Waals surface area contributed by atoms with Gasteiger partial charge in [0, 0.05) is 61.3 Å². The Morgan fingerprint density at radius 2 is 1.84 bits per heavy atom. The first-order chi connectivity index (χ1) is 21.5. The van der Waals surface area contributed by atoms with Crippen LogP contribution in [0.3, 0.4) is 0 Å². The first-order valence-corrected chi connectivity index (χ1v) is 15.0. The number of carbonyl (C=O) groups is 2. The number of ether oxygens (including phenoxy) is 4. The van der Waals surface area contributed by atoms with Crippen LogP contribution in [0.25, 0.3) is 10.9 Å². The number of hydrogen-bond donors (Lipinski definition) is 3. The highest BCUT2D eigenvalue weighted by Gasteiger charge is 2.33. The average molecular weight is 599 g/mol. The zero-order valence-electron chi connectivity index (χ0n) is 25.1. The Labute approximate surface area is 256 Å². The molecule has 4 bridgehead atoms. The number of likely N-dealkylation sites (tertiary alicyclic amines) is 1. The molecule has 3 aliphatic heterocycles. The Kier molecular flexibility index (Phi) is 8.88. The van der Waals surface area contributed by atoms with Crippen LogP contribution in [0.2, 0.25) is 0 Å². The zero-order chi connectivity index (χ0) is 30.5. The highest BCUT2D eigenvalue weighted by atomic mass is 16.5. The van der Waals surface area contributed by atoms with Gasteiger partial charge in [-0.25, -0.2) is 0 Å². The third kappa shape index (κ3) is 6.75. The van der Waals surface area contributed by atoms with Crippen molar-refractivity contribution in [2.24, 2.45) is 0 Å². The van der Waals surface area contributed by atoms with E-state index in [4.69, 9.17) is 18.9 Å². The van der Waals surface area contributed by atoms with Crippen molar-refractivity contribution >= 4 is 22.7 Å². The molecular weight excluding hydrogens is 560 g/mol.